The van der Waals surface area contributed by atoms with Crippen LogP contribution in [0.25, 0.3) is 0 Å². The molecule has 0 bridgehead atoms. The predicted molar refractivity (Wildman–Crippen MR) is 38.4 cm³/mol. The average molecular weight is 137 g/mol. The van der Waals surface area contributed by atoms with Crippen molar-refractivity contribution in [3.63, 3.8) is 0 Å². The Bertz CT molecular complexity index is 189. The van der Waals surface area contributed by atoms with Crippen LogP contribution in [0.4, 0.5) is 0 Å². The lowest BCUT2D eigenvalue weighted by Crippen LogP contribution is -2.20. The summed E-state index contributed by atoms with van der Waals surface area (Å²) in [6.45, 7) is 0.859. The Balaban J connectivity index is 1.79. The molecule has 1 aliphatic carbocycles. The number of aromatic nitrogens is 2. The van der Waals surface area contributed by atoms with Gasteiger partial charge in [0, 0.05) is 18.4 Å². The Kier molecular flexibility index (Phi) is 1.43. The van der Waals surface area contributed by atoms with Gasteiger partial charge in [-0.15, -0.1) is 0 Å². The molecule has 3 heteroatoms. The van der Waals surface area contributed by atoms with Crippen LogP contribution < -0.4 is 5.32 Å². The van der Waals surface area contributed by atoms with Gasteiger partial charge in [0.25, 0.3) is 0 Å². The lowest BCUT2D eigenvalue weighted by molar-refractivity contribution is 0.509. The van der Waals surface area contributed by atoms with Gasteiger partial charge in [0.1, 0.15) is 0 Å². The molecule has 1 aromatic heterocycles. The Morgan fingerprint density at radius 3 is 3.10 bits per heavy atom. The van der Waals surface area contributed by atoms with Gasteiger partial charge < -0.3 is 0 Å². The van der Waals surface area contributed by atoms with E-state index < -0.39 is 0 Å². The summed E-state index contributed by atoms with van der Waals surface area (Å²) < 4.78 is 1.90. The largest absolute Gasteiger partial charge is 0.295 e. The minimum atomic E-state index is 0.768. The quantitative estimate of drug-likeness (QED) is 0.661. The van der Waals surface area contributed by atoms with Crippen molar-refractivity contribution in [1.29, 1.82) is 0 Å². The van der Waals surface area contributed by atoms with E-state index in [0.29, 0.717) is 0 Å². The summed E-state index contributed by atoms with van der Waals surface area (Å²) in [4.78, 5) is 0. The van der Waals surface area contributed by atoms with Crippen LogP contribution in [0, 0.1) is 0 Å². The third-order valence-corrected chi connectivity index (χ3v) is 1.68. The van der Waals surface area contributed by atoms with E-state index >= 15 is 0 Å². The van der Waals surface area contributed by atoms with E-state index in [1.54, 1.807) is 6.20 Å². The van der Waals surface area contributed by atoms with E-state index in [1.807, 2.05) is 16.9 Å². The van der Waals surface area contributed by atoms with E-state index in [4.69, 9.17) is 0 Å². The highest BCUT2D eigenvalue weighted by atomic mass is 15.3. The summed E-state index contributed by atoms with van der Waals surface area (Å²) in [5, 5.41) is 7.43. The lowest BCUT2D eigenvalue weighted by atomic mass is 10.7. The van der Waals surface area contributed by atoms with Gasteiger partial charge in [0.2, 0.25) is 0 Å². The molecular weight excluding hydrogens is 126 g/mol. The Morgan fingerprint density at radius 2 is 2.50 bits per heavy atom. The number of nitrogens with one attached hydrogen (secondary N) is 1. The van der Waals surface area contributed by atoms with Gasteiger partial charge in [-0.25, -0.2) is 0 Å². The van der Waals surface area contributed by atoms with Gasteiger partial charge in [0.15, 0.2) is 0 Å². The van der Waals surface area contributed by atoms with Crippen molar-refractivity contribution in [2.45, 2.75) is 25.6 Å². The molecule has 1 saturated carbocycles. The summed E-state index contributed by atoms with van der Waals surface area (Å²) in [6.07, 6.45) is 6.44. The molecule has 2 rings (SSSR count). The van der Waals surface area contributed by atoms with Crippen LogP contribution in [0.2, 0.25) is 0 Å². The van der Waals surface area contributed by atoms with Crippen molar-refractivity contribution < 1.29 is 0 Å². The Labute approximate surface area is 60.0 Å². The fourth-order valence-electron chi connectivity index (χ4n) is 0.904. The normalized spacial score (nSPS) is 17.6. The van der Waals surface area contributed by atoms with Crippen LogP contribution in [-0.2, 0) is 6.67 Å². The van der Waals surface area contributed by atoms with Crippen LogP contribution in [0.15, 0.2) is 18.5 Å². The molecule has 1 aliphatic rings. The van der Waals surface area contributed by atoms with E-state index in [2.05, 4.69) is 10.4 Å². The van der Waals surface area contributed by atoms with Gasteiger partial charge in [-0.2, -0.15) is 5.10 Å². The van der Waals surface area contributed by atoms with E-state index in [1.165, 1.54) is 12.8 Å². The molecule has 10 heavy (non-hydrogen) atoms. The smallest absolute Gasteiger partial charge is 0.0905 e. The zero-order valence-corrected chi connectivity index (χ0v) is 5.83. The molecule has 0 spiro atoms. The van der Waals surface area contributed by atoms with Crippen molar-refractivity contribution in [3.05, 3.63) is 18.5 Å². The standard InChI is InChI=1S/C7H11N3/c1-4-9-10(5-1)6-8-7-2-3-7/h1,4-5,7-8H,2-3,6H2. The molecule has 0 radical (unpaired) electrons. The Hall–Kier alpha value is -0.830. The third kappa shape index (κ3) is 1.36. The molecule has 1 N–H and O–H groups in total. The van der Waals surface area contributed by atoms with E-state index in [0.717, 1.165) is 12.7 Å². The SMILES string of the molecule is c1cnn(CNC2CC2)c1. The average Bonchev–Trinajstić information content (AvgIpc) is 2.63. The van der Waals surface area contributed by atoms with Crippen molar-refractivity contribution in [2.75, 3.05) is 0 Å². The molecule has 0 aliphatic heterocycles. The fourth-order valence-corrected chi connectivity index (χ4v) is 0.904. The second kappa shape index (κ2) is 2.42. The first-order valence-corrected chi connectivity index (χ1v) is 3.66. The van der Waals surface area contributed by atoms with Crippen LogP contribution >= 0.6 is 0 Å². The molecular formula is C7H11N3. The topological polar surface area (TPSA) is 29.9 Å². The molecule has 1 fully saturated rings. The number of hydrogen-bond acceptors (Lipinski definition) is 2. The summed E-state index contributed by atoms with van der Waals surface area (Å²) in [6, 6.07) is 2.71. The second-order valence-corrected chi connectivity index (χ2v) is 2.68. The molecule has 54 valence electrons. The summed E-state index contributed by atoms with van der Waals surface area (Å²) in [5.41, 5.74) is 0. The molecule has 0 amide bonds. The van der Waals surface area contributed by atoms with Crippen LogP contribution in [0.1, 0.15) is 12.8 Å². The summed E-state index contributed by atoms with van der Waals surface area (Å²) in [5.74, 6) is 0. The lowest BCUT2D eigenvalue weighted by Gasteiger charge is -2.00. The maximum absolute atomic E-state index is 4.07. The minimum absolute atomic E-state index is 0.768. The highest BCUT2D eigenvalue weighted by molar-refractivity contribution is 4.81. The van der Waals surface area contributed by atoms with Crippen molar-refractivity contribution in [3.8, 4) is 0 Å². The molecule has 0 saturated heterocycles. The van der Waals surface area contributed by atoms with Crippen molar-refractivity contribution in [1.82, 2.24) is 15.1 Å². The van der Waals surface area contributed by atoms with Gasteiger partial charge in [0.05, 0.1) is 6.67 Å². The predicted octanol–water partition coefficient (Wildman–Crippen LogP) is 0.593. The van der Waals surface area contributed by atoms with Crippen molar-refractivity contribution in [2.24, 2.45) is 0 Å². The third-order valence-electron chi connectivity index (χ3n) is 1.68. The maximum Gasteiger partial charge on any atom is 0.0905 e. The highest BCUT2D eigenvalue weighted by Gasteiger charge is 2.19. The monoisotopic (exact) mass is 137 g/mol. The van der Waals surface area contributed by atoms with Crippen LogP contribution in [-0.4, -0.2) is 15.8 Å². The van der Waals surface area contributed by atoms with Gasteiger partial charge in [-0.1, -0.05) is 0 Å². The van der Waals surface area contributed by atoms with Crippen molar-refractivity contribution >= 4 is 0 Å². The summed E-state index contributed by atoms with van der Waals surface area (Å²) >= 11 is 0. The summed E-state index contributed by atoms with van der Waals surface area (Å²) in [7, 11) is 0. The Morgan fingerprint density at radius 1 is 1.60 bits per heavy atom. The first-order chi connectivity index (χ1) is 4.95. The zero-order chi connectivity index (χ0) is 6.81. The maximum atomic E-state index is 4.07. The minimum Gasteiger partial charge on any atom is -0.295 e. The molecule has 0 atom stereocenters. The van der Waals surface area contributed by atoms with E-state index in [9.17, 15) is 0 Å². The number of hydrogen-bond donors (Lipinski definition) is 1. The molecule has 1 aromatic rings. The second-order valence-electron chi connectivity index (χ2n) is 2.68. The van der Waals surface area contributed by atoms with Gasteiger partial charge >= 0.3 is 0 Å². The molecule has 0 unspecified atom stereocenters. The number of nitrogens with zero attached hydrogens (tertiary/aromatic N) is 2. The van der Waals surface area contributed by atoms with Crippen LogP contribution in [0.3, 0.4) is 0 Å². The van der Waals surface area contributed by atoms with Gasteiger partial charge in [-0.3, -0.25) is 10.00 Å². The molecule has 3 nitrogen and oxygen atoms in total. The highest BCUT2D eigenvalue weighted by Crippen LogP contribution is 2.18. The number of rotatable bonds is 3. The van der Waals surface area contributed by atoms with Gasteiger partial charge in [-0.05, 0) is 18.9 Å². The molecule has 1 heterocycles. The first kappa shape index (κ1) is 5.92. The zero-order valence-electron chi connectivity index (χ0n) is 5.83. The fraction of sp³-hybridized carbons (Fsp3) is 0.571. The first-order valence-electron chi connectivity index (χ1n) is 3.66. The van der Waals surface area contributed by atoms with E-state index in [-0.39, 0.29) is 0 Å². The van der Waals surface area contributed by atoms with Crippen LogP contribution in [0.5, 0.6) is 0 Å². The molecule has 0 aromatic carbocycles.